The molecule has 24 heavy (non-hydrogen) atoms. The minimum absolute atomic E-state index is 0.219. The zero-order valence-corrected chi connectivity index (χ0v) is 14.2. The van der Waals surface area contributed by atoms with Crippen molar-refractivity contribution in [2.75, 3.05) is 35.8 Å². The first-order valence-corrected chi connectivity index (χ1v) is 7.91. The van der Waals surface area contributed by atoms with Gasteiger partial charge in [-0.15, -0.1) is 0 Å². The Hall–Kier alpha value is -2.44. The molecule has 6 nitrogen and oxygen atoms in total. The van der Waals surface area contributed by atoms with Crippen molar-refractivity contribution in [2.45, 2.75) is 25.7 Å². The van der Waals surface area contributed by atoms with Gasteiger partial charge in [-0.3, -0.25) is 0 Å². The zero-order chi connectivity index (χ0) is 17.7. The van der Waals surface area contributed by atoms with E-state index in [0.717, 1.165) is 22.5 Å². The highest BCUT2D eigenvalue weighted by Gasteiger charge is 2.12. The number of hydrogen-bond donors (Lipinski definition) is 5. The lowest BCUT2D eigenvalue weighted by molar-refractivity contribution is -0.0446. The standard InChI is InChI=1S/C18H26N4O2/c1-22(2)13-5-3-4-12(10-13)21-11-15-14(6-9-18(23)24)16(19)7-8-17(15)20/h3-5,7-8,10,18,21,23-24H,6,9,11,19-20H2,1-2H3. The Labute approximate surface area is 142 Å². The van der Waals surface area contributed by atoms with Crippen LogP contribution in [0.25, 0.3) is 0 Å². The summed E-state index contributed by atoms with van der Waals surface area (Å²) in [4.78, 5) is 2.04. The van der Waals surface area contributed by atoms with Crippen LogP contribution >= 0.6 is 0 Å². The fourth-order valence-electron chi connectivity index (χ4n) is 2.59. The molecule has 0 fully saturated rings. The van der Waals surface area contributed by atoms with Gasteiger partial charge in [0, 0.05) is 49.8 Å². The summed E-state index contributed by atoms with van der Waals surface area (Å²) in [6.07, 6.45) is -0.677. The molecule has 2 aromatic rings. The van der Waals surface area contributed by atoms with Gasteiger partial charge in [-0.2, -0.15) is 0 Å². The Kier molecular flexibility index (Phi) is 5.89. The van der Waals surface area contributed by atoms with Gasteiger partial charge >= 0.3 is 0 Å². The molecule has 0 aliphatic heterocycles. The Morgan fingerprint density at radius 3 is 2.33 bits per heavy atom. The summed E-state index contributed by atoms with van der Waals surface area (Å²) in [7, 11) is 3.99. The van der Waals surface area contributed by atoms with Gasteiger partial charge < -0.3 is 31.9 Å². The molecular weight excluding hydrogens is 304 g/mol. The molecular formula is C18H26N4O2. The first-order valence-electron chi connectivity index (χ1n) is 7.91. The van der Waals surface area contributed by atoms with E-state index in [1.807, 2.05) is 37.2 Å². The molecule has 6 heteroatoms. The van der Waals surface area contributed by atoms with Gasteiger partial charge in [0.1, 0.15) is 0 Å². The molecule has 130 valence electrons. The first kappa shape index (κ1) is 17.9. The van der Waals surface area contributed by atoms with Crippen LogP contribution in [0.1, 0.15) is 17.5 Å². The second kappa shape index (κ2) is 7.90. The topological polar surface area (TPSA) is 108 Å². The normalized spacial score (nSPS) is 10.9. The third-order valence-corrected chi connectivity index (χ3v) is 3.99. The number of nitrogens with one attached hydrogen (secondary N) is 1. The molecule has 0 spiro atoms. The van der Waals surface area contributed by atoms with Crippen LogP contribution in [0.4, 0.5) is 22.7 Å². The number of nitrogens with two attached hydrogens (primary N) is 2. The SMILES string of the molecule is CN(C)c1cccc(NCc2c(N)ccc(N)c2CCC(O)O)c1. The number of hydrogen-bond acceptors (Lipinski definition) is 6. The first-order chi connectivity index (χ1) is 11.4. The van der Waals surface area contributed by atoms with E-state index >= 15 is 0 Å². The molecule has 0 aliphatic carbocycles. The van der Waals surface area contributed by atoms with Gasteiger partial charge in [0.25, 0.3) is 0 Å². The number of nitrogen functional groups attached to an aromatic ring is 2. The highest BCUT2D eigenvalue weighted by Crippen LogP contribution is 2.27. The average Bonchev–Trinajstić information content (AvgIpc) is 2.54. The highest BCUT2D eigenvalue weighted by molar-refractivity contribution is 5.64. The molecule has 0 aromatic heterocycles. The number of rotatable bonds is 7. The molecule has 2 rings (SSSR count). The highest BCUT2D eigenvalue weighted by atomic mass is 16.5. The molecule has 0 unspecified atom stereocenters. The molecule has 0 atom stereocenters. The Morgan fingerprint density at radius 1 is 1.04 bits per heavy atom. The van der Waals surface area contributed by atoms with Gasteiger partial charge in [-0.05, 0) is 47.9 Å². The number of aliphatic hydroxyl groups is 2. The van der Waals surface area contributed by atoms with E-state index in [9.17, 15) is 0 Å². The molecule has 0 radical (unpaired) electrons. The number of nitrogens with zero attached hydrogens (tertiary/aromatic N) is 1. The maximum atomic E-state index is 9.12. The van der Waals surface area contributed by atoms with Crippen LogP contribution < -0.4 is 21.7 Å². The molecule has 0 aliphatic rings. The van der Waals surface area contributed by atoms with Crippen LogP contribution in [0.5, 0.6) is 0 Å². The van der Waals surface area contributed by atoms with Crippen molar-refractivity contribution in [1.82, 2.24) is 0 Å². The predicted octanol–water partition coefficient (Wildman–Crippen LogP) is 1.77. The van der Waals surface area contributed by atoms with E-state index in [0.29, 0.717) is 24.3 Å². The van der Waals surface area contributed by atoms with Crippen molar-refractivity contribution in [3.05, 3.63) is 47.5 Å². The van der Waals surface area contributed by atoms with E-state index in [4.69, 9.17) is 21.7 Å². The van der Waals surface area contributed by atoms with Crippen LogP contribution in [0.15, 0.2) is 36.4 Å². The lowest BCUT2D eigenvalue weighted by Gasteiger charge is -2.18. The summed E-state index contributed by atoms with van der Waals surface area (Å²) in [5, 5.41) is 21.6. The largest absolute Gasteiger partial charge is 0.398 e. The summed E-state index contributed by atoms with van der Waals surface area (Å²) < 4.78 is 0. The molecule has 0 saturated carbocycles. The van der Waals surface area contributed by atoms with Crippen molar-refractivity contribution in [3.63, 3.8) is 0 Å². The predicted molar refractivity (Wildman–Crippen MR) is 99.9 cm³/mol. The molecule has 7 N–H and O–H groups in total. The fourth-order valence-corrected chi connectivity index (χ4v) is 2.59. The molecule has 2 aromatic carbocycles. The van der Waals surface area contributed by atoms with Crippen LogP contribution in [-0.2, 0) is 13.0 Å². The third kappa shape index (κ3) is 4.53. The fraction of sp³-hybridized carbons (Fsp3) is 0.333. The molecule has 0 amide bonds. The van der Waals surface area contributed by atoms with Gasteiger partial charge in [-0.1, -0.05) is 6.07 Å². The summed E-state index contributed by atoms with van der Waals surface area (Å²) in [6.45, 7) is 0.518. The van der Waals surface area contributed by atoms with E-state index in [-0.39, 0.29) is 6.42 Å². The average molecular weight is 330 g/mol. The Morgan fingerprint density at radius 2 is 1.71 bits per heavy atom. The lowest BCUT2D eigenvalue weighted by Crippen LogP contribution is -2.13. The Balaban J connectivity index is 2.19. The maximum absolute atomic E-state index is 9.12. The lowest BCUT2D eigenvalue weighted by atomic mass is 9.98. The van der Waals surface area contributed by atoms with Gasteiger partial charge in [0.2, 0.25) is 0 Å². The minimum atomic E-state index is -1.36. The molecule has 0 heterocycles. The van der Waals surface area contributed by atoms with E-state index in [2.05, 4.69) is 11.4 Å². The zero-order valence-electron chi connectivity index (χ0n) is 14.2. The van der Waals surface area contributed by atoms with Crippen molar-refractivity contribution >= 4 is 22.7 Å². The van der Waals surface area contributed by atoms with E-state index < -0.39 is 6.29 Å². The maximum Gasteiger partial charge on any atom is 0.151 e. The van der Waals surface area contributed by atoms with Crippen molar-refractivity contribution < 1.29 is 10.2 Å². The van der Waals surface area contributed by atoms with Crippen LogP contribution in [0.3, 0.4) is 0 Å². The molecule has 0 saturated heterocycles. The number of benzene rings is 2. The van der Waals surface area contributed by atoms with E-state index in [1.165, 1.54) is 0 Å². The summed E-state index contributed by atoms with van der Waals surface area (Å²) in [6, 6.07) is 11.6. The van der Waals surface area contributed by atoms with Gasteiger partial charge in [0.15, 0.2) is 6.29 Å². The Bertz CT molecular complexity index is 687. The number of anilines is 4. The summed E-state index contributed by atoms with van der Waals surface area (Å²) >= 11 is 0. The van der Waals surface area contributed by atoms with Gasteiger partial charge in [-0.25, -0.2) is 0 Å². The number of aliphatic hydroxyl groups excluding tert-OH is 1. The van der Waals surface area contributed by atoms with Crippen LogP contribution in [0, 0.1) is 0 Å². The molecule has 0 bridgehead atoms. The van der Waals surface area contributed by atoms with Crippen molar-refractivity contribution in [1.29, 1.82) is 0 Å². The van der Waals surface area contributed by atoms with Gasteiger partial charge in [0.05, 0.1) is 0 Å². The van der Waals surface area contributed by atoms with Crippen LogP contribution in [0.2, 0.25) is 0 Å². The van der Waals surface area contributed by atoms with E-state index in [1.54, 1.807) is 12.1 Å². The van der Waals surface area contributed by atoms with Crippen LogP contribution in [-0.4, -0.2) is 30.6 Å². The summed E-state index contributed by atoms with van der Waals surface area (Å²) in [5.74, 6) is 0. The minimum Gasteiger partial charge on any atom is -0.398 e. The second-order valence-electron chi connectivity index (χ2n) is 6.02. The monoisotopic (exact) mass is 330 g/mol. The quantitative estimate of drug-likeness (QED) is 0.391. The summed E-state index contributed by atoms with van der Waals surface area (Å²) in [5.41, 5.74) is 17.3. The smallest absolute Gasteiger partial charge is 0.151 e. The third-order valence-electron chi connectivity index (χ3n) is 3.99. The van der Waals surface area contributed by atoms with Crippen molar-refractivity contribution in [3.8, 4) is 0 Å². The van der Waals surface area contributed by atoms with Crippen molar-refractivity contribution in [2.24, 2.45) is 0 Å². The second-order valence-corrected chi connectivity index (χ2v) is 6.02.